The van der Waals surface area contributed by atoms with Crippen molar-refractivity contribution < 1.29 is 0 Å². The summed E-state index contributed by atoms with van der Waals surface area (Å²) in [5.74, 6) is 0.809. The Morgan fingerprint density at radius 1 is 1.31 bits per heavy atom. The van der Waals surface area contributed by atoms with E-state index in [0.717, 1.165) is 12.0 Å². The fourth-order valence-electron chi connectivity index (χ4n) is 2.56. The second-order valence-corrected chi connectivity index (χ2v) is 4.48. The molecule has 2 aliphatic heterocycles. The largest absolute Gasteiger partial charge is 0.317 e. The maximum absolute atomic E-state index is 3.43. The van der Waals surface area contributed by atoms with Crippen molar-refractivity contribution in [3.8, 4) is 0 Å². The molecule has 0 saturated carbocycles. The lowest BCUT2D eigenvalue weighted by Gasteiger charge is -2.39. The zero-order chi connectivity index (χ0) is 9.10. The second-order valence-electron chi connectivity index (χ2n) is 4.48. The fourth-order valence-corrected chi connectivity index (χ4v) is 2.56. The van der Waals surface area contributed by atoms with E-state index >= 15 is 0 Å². The molecule has 0 aliphatic carbocycles. The highest BCUT2D eigenvalue weighted by Gasteiger charge is 2.24. The molecule has 0 aromatic rings. The topological polar surface area (TPSA) is 15.3 Å². The number of piperidine rings is 2. The Hall–Kier alpha value is -0.0800. The minimum absolute atomic E-state index is 0.809. The molecule has 2 aliphatic rings. The van der Waals surface area contributed by atoms with E-state index < -0.39 is 0 Å². The van der Waals surface area contributed by atoms with Gasteiger partial charge in [0.15, 0.2) is 0 Å². The van der Waals surface area contributed by atoms with Gasteiger partial charge >= 0.3 is 0 Å². The van der Waals surface area contributed by atoms with Crippen LogP contribution in [-0.2, 0) is 0 Å². The zero-order valence-corrected chi connectivity index (χ0v) is 8.63. The van der Waals surface area contributed by atoms with Crippen LogP contribution in [0.1, 0.15) is 26.2 Å². The predicted molar refractivity (Wildman–Crippen MR) is 55.5 cm³/mol. The number of likely N-dealkylation sites (tertiary alicyclic amines) is 1. The van der Waals surface area contributed by atoms with E-state index in [2.05, 4.69) is 23.6 Å². The first kappa shape index (κ1) is 9.47. The van der Waals surface area contributed by atoms with Crippen LogP contribution in [0.15, 0.2) is 0 Å². The van der Waals surface area contributed by atoms with Crippen molar-refractivity contribution in [1.29, 1.82) is 0 Å². The SMILES string of the molecule is CC1[CH]CCN(C2CCNCC2)C1. The van der Waals surface area contributed by atoms with Crippen molar-refractivity contribution in [2.75, 3.05) is 26.2 Å². The third-order valence-corrected chi connectivity index (χ3v) is 3.33. The van der Waals surface area contributed by atoms with Crippen LogP contribution in [0.5, 0.6) is 0 Å². The molecule has 13 heavy (non-hydrogen) atoms. The molecular formula is C11H21N2. The van der Waals surface area contributed by atoms with Crippen molar-refractivity contribution in [3.05, 3.63) is 6.42 Å². The lowest BCUT2D eigenvalue weighted by molar-refractivity contribution is 0.129. The molecule has 0 amide bonds. The molecule has 2 rings (SSSR count). The molecule has 0 aromatic heterocycles. The minimum atomic E-state index is 0.809. The van der Waals surface area contributed by atoms with Crippen LogP contribution in [0.2, 0.25) is 0 Å². The molecule has 2 nitrogen and oxygen atoms in total. The molecule has 1 N–H and O–H groups in total. The van der Waals surface area contributed by atoms with Gasteiger partial charge in [0.2, 0.25) is 0 Å². The monoisotopic (exact) mass is 181 g/mol. The van der Waals surface area contributed by atoms with Crippen LogP contribution >= 0.6 is 0 Å². The average molecular weight is 181 g/mol. The van der Waals surface area contributed by atoms with Gasteiger partial charge in [0, 0.05) is 12.6 Å². The van der Waals surface area contributed by atoms with Gasteiger partial charge in [-0.05, 0) is 51.2 Å². The average Bonchev–Trinajstić information content (AvgIpc) is 2.19. The molecule has 0 bridgehead atoms. The van der Waals surface area contributed by atoms with Gasteiger partial charge in [0.25, 0.3) is 0 Å². The Kier molecular flexibility index (Phi) is 3.23. The molecule has 1 radical (unpaired) electrons. The van der Waals surface area contributed by atoms with E-state index in [9.17, 15) is 0 Å². The fraction of sp³-hybridized carbons (Fsp3) is 0.909. The van der Waals surface area contributed by atoms with Gasteiger partial charge in [-0.2, -0.15) is 0 Å². The van der Waals surface area contributed by atoms with Crippen LogP contribution in [0.25, 0.3) is 0 Å². The molecule has 2 heterocycles. The third kappa shape index (κ3) is 2.44. The van der Waals surface area contributed by atoms with Gasteiger partial charge in [0.05, 0.1) is 0 Å². The van der Waals surface area contributed by atoms with Crippen molar-refractivity contribution >= 4 is 0 Å². The zero-order valence-electron chi connectivity index (χ0n) is 8.63. The number of nitrogens with one attached hydrogen (secondary N) is 1. The molecule has 2 heteroatoms. The van der Waals surface area contributed by atoms with Gasteiger partial charge in [-0.3, -0.25) is 0 Å². The van der Waals surface area contributed by atoms with Gasteiger partial charge in [-0.15, -0.1) is 0 Å². The van der Waals surface area contributed by atoms with E-state index in [1.165, 1.54) is 45.4 Å². The van der Waals surface area contributed by atoms with E-state index in [0.29, 0.717) is 0 Å². The highest BCUT2D eigenvalue weighted by atomic mass is 15.2. The highest BCUT2D eigenvalue weighted by molar-refractivity contribution is 4.87. The van der Waals surface area contributed by atoms with Crippen LogP contribution < -0.4 is 5.32 Å². The predicted octanol–water partition coefficient (Wildman–Crippen LogP) is 1.28. The normalized spacial score (nSPS) is 33.5. The van der Waals surface area contributed by atoms with Crippen LogP contribution in [0, 0.1) is 12.3 Å². The van der Waals surface area contributed by atoms with E-state index in [1.54, 1.807) is 0 Å². The van der Waals surface area contributed by atoms with Crippen molar-refractivity contribution in [2.45, 2.75) is 32.2 Å². The van der Waals surface area contributed by atoms with Crippen molar-refractivity contribution in [3.63, 3.8) is 0 Å². The molecule has 1 unspecified atom stereocenters. The summed E-state index contributed by atoms with van der Waals surface area (Å²) in [6, 6.07) is 0.873. The summed E-state index contributed by atoms with van der Waals surface area (Å²) in [6.07, 6.45) is 6.47. The summed E-state index contributed by atoms with van der Waals surface area (Å²) in [6.45, 7) is 7.38. The van der Waals surface area contributed by atoms with E-state index in [1.807, 2.05) is 0 Å². The maximum Gasteiger partial charge on any atom is 0.0119 e. The molecule has 1 atom stereocenters. The number of hydrogen-bond donors (Lipinski definition) is 1. The Morgan fingerprint density at radius 3 is 2.77 bits per heavy atom. The maximum atomic E-state index is 3.43. The quantitative estimate of drug-likeness (QED) is 0.655. The Balaban J connectivity index is 1.83. The summed E-state index contributed by atoms with van der Waals surface area (Å²) in [5, 5.41) is 3.43. The van der Waals surface area contributed by atoms with Crippen LogP contribution in [0.3, 0.4) is 0 Å². The lowest BCUT2D eigenvalue weighted by atomic mass is 9.96. The van der Waals surface area contributed by atoms with Gasteiger partial charge in [-0.25, -0.2) is 0 Å². The van der Waals surface area contributed by atoms with Crippen LogP contribution in [-0.4, -0.2) is 37.1 Å². The Labute approximate surface area is 81.7 Å². The number of hydrogen-bond acceptors (Lipinski definition) is 2. The summed E-state index contributed by atoms with van der Waals surface area (Å²) in [4.78, 5) is 2.70. The molecule has 2 fully saturated rings. The highest BCUT2D eigenvalue weighted by Crippen LogP contribution is 2.20. The molecular weight excluding hydrogens is 160 g/mol. The first-order chi connectivity index (χ1) is 6.36. The second kappa shape index (κ2) is 4.43. The Bertz CT molecular complexity index is 152. The van der Waals surface area contributed by atoms with Crippen molar-refractivity contribution in [2.24, 2.45) is 5.92 Å². The Morgan fingerprint density at radius 2 is 2.08 bits per heavy atom. The standard InChI is InChI=1S/C11H21N2/c1-10-3-2-8-13(9-10)11-4-6-12-7-5-11/h3,10-12H,2,4-9H2,1H3. The molecule has 75 valence electrons. The summed E-state index contributed by atoms with van der Waals surface area (Å²) >= 11 is 0. The third-order valence-electron chi connectivity index (χ3n) is 3.33. The lowest BCUT2D eigenvalue weighted by Crippen LogP contribution is -2.47. The first-order valence-corrected chi connectivity index (χ1v) is 5.64. The van der Waals surface area contributed by atoms with Crippen LogP contribution in [0.4, 0.5) is 0 Å². The number of rotatable bonds is 1. The number of nitrogens with zero attached hydrogens (tertiary/aromatic N) is 1. The van der Waals surface area contributed by atoms with Gasteiger partial charge < -0.3 is 10.2 Å². The van der Waals surface area contributed by atoms with E-state index in [4.69, 9.17) is 0 Å². The summed E-state index contributed by atoms with van der Waals surface area (Å²) in [5.41, 5.74) is 0. The van der Waals surface area contributed by atoms with Gasteiger partial charge in [0.1, 0.15) is 0 Å². The van der Waals surface area contributed by atoms with Crippen molar-refractivity contribution in [1.82, 2.24) is 10.2 Å². The minimum Gasteiger partial charge on any atom is -0.317 e. The van der Waals surface area contributed by atoms with E-state index in [-0.39, 0.29) is 0 Å². The molecule has 2 saturated heterocycles. The molecule has 0 aromatic carbocycles. The van der Waals surface area contributed by atoms with Gasteiger partial charge in [-0.1, -0.05) is 6.92 Å². The first-order valence-electron chi connectivity index (χ1n) is 5.64. The summed E-state index contributed by atoms with van der Waals surface area (Å²) < 4.78 is 0. The smallest absolute Gasteiger partial charge is 0.0119 e. The summed E-state index contributed by atoms with van der Waals surface area (Å²) in [7, 11) is 0. The molecule has 0 spiro atoms.